The van der Waals surface area contributed by atoms with Crippen molar-refractivity contribution in [3.05, 3.63) is 41.7 Å². The van der Waals surface area contributed by atoms with Crippen LogP contribution in [-0.2, 0) is 9.59 Å². The lowest BCUT2D eigenvalue weighted by molar-refractivity contribution is -0.138. The Morgan fingerprint density at radius 3 is 2.71 bits per heavy atom. The monoisotopic (exact) mass is 291 g/mol. The molecule has 2 rings (SSSR count). The van der Waals surface area contributed by atoms with Gasteiger partial charge < -0.3 is 10.0 Å². The molecule has 0 saturated carbocycles. The smallest absolute Gasteiger partial charge is 0.303 e. The van der Waals surface area contributed by atoms with Crippen LogP contribution >= 0.6 is 0 Å². The number of hydrogen-bond donors (Lipinski definition) is 1. The van der Waals surface area contributed by atoms with Gasteiger partial charge in [0.2, 0.25) is 5.91 Å². The van der Waals surface area contributed by atoms with Crippen LogP contribution in [0.15, 0.2) is 30.3 Å². The molecule has 21 heavy (non-hydrogen) atoms. The van der Waals surface area contributed by atoms with E-state index in [1.165, 1.54) is 12.1 Å². The van der Waals surface area contributed by atoms with Gasteiger partial charge in [-0.25, -0.2) is 4.39 Å². The number of halogens is 1. The number of nitrogens with zero attached hydrogens (tertiary/aromatic N) is 1. The van der Waals surface area contributed by atoms with Gasteiger partial charge in [0.05, 0.1) is 0 Å². The summed E-state index contributed by atoms with van der Waals surface area (Å²) < 4.78 is 12.7. The number of hydrogen-bond acceptors (Lipinski definition) is 2. The van der Waals surface area contributed by atoms with Crippen LogP contribution in [0.4, 0.5) is 4.39 Å². The van der Waals surface area contributed by atoms with Crippen LogP contribution in [0.5, 0.6) is 0 Å². The lowest BCUT2D eigenvalue weighted by atomic mass is 10.1. The van der Waals surface area contributed by atoms with E-state index in [1.54, 1.807) is 29.2 Å². The predicted molar refractivity (Wildman–Crippen MR) is 77.0 cm³/mol. The molecule has 5 heteroatoms. The second-order valence-corrected chi connectivity index (χ2v) is 5.25. The maximum Gasteiger partial charge on any atom is 0.303 e. The molecule has 4 nitrogen and oxygen atoms in total. The fraction of sp³-hybridized carbons (Fsp3) is 0.375. The molecule has 0 bridgehead atoms. The predicted octanol–water partition coefficient (Wildman–Crippen LogP) is 2.55. The van der Waals surface area contributed by atoms with Crippen LogP contribution in [0, 0.1) is 11.7 Å². The molecule has 1 unspecified atom stereocenters. The van der Waals surface area contributed by atoms with E-state index in [0.717, 1.165) is 12.0 Å². The van der Waals surface area contributed by atoms with Gasteiger partial charge in [0.25, 0.3) is 0 Å². The van der Waals surface area contributed by atoms with Gasteiger partial charge >= 0.3 is 5.97 Å². The van der Waals surface area contributed by atoms with Gasteiger partial charge in [0, 0.05) is 25.9 Å². The van der Waals surface area contributed by atoms with Crippen molar-refractivity contribution in [2.75, 3.05) is 13.1 Å². The van der Waals surface area contributed by atoms with Crippen LogP contribution in [0.25, 0.3) is 6.08 Å². The summed E-state index contributed by atoms with van der Waals surface area (Å²) in [6.45, 7) is 1.15. The Balaban J connectivity index is 1.80. The first-order chi connectivity index (χ1) is 10.0. The maximum atomic E-state index is 12.7. The van der Waals surface area contributed by atoms with Crippen LogP contribution in [0.1, 0.15) is 24.8 Å². The molecule has 1 aromatic carbocycles. The summed E-state index contributed by atoms with van der Waals surface area (Å²) in [6, 6.07) is 6.04. The summed E-state index contributed by atoms with van der Waals surface area (Å²) in [7, 11) is 0. The molecule has 0 aromatic heterocycles. The van der Waals surface area contributed by atoms with Crippen LogP contribution < -0.4 is 0 Å². The SMILES string of the molecule is O=C(O)CC1CCN(C(=O)C/C=C/c2ccc(F)cc2)C1. The fourth-order valence-electron chi connectivity index (χ4n) is 2.47. The lowest BCUT2D eigenvalue weighted by Crippen LogP contribution is -2.28. The second-order valence-electron chi connectivity index (χ2n) is 5.25. The van der Waals surface area contributed by atoms with E-state index < -0.39 is 5.97 Å². The van der Waals surface area contributed by atoms with Gasteiger partial charge in [-0.15, -0.1) is 0 Å². The van der Waals surface area contributed by atoms with Gasteiger partial charge in [0.1, 0.15) is 5.82 Å². The van der Waals surface area contributed by atoms with Crippen molar-refractivity contribution < 1.29 is 19.1 Å². The number of aliphatic carboxylic acids is 1. The van der Waals surface area contributed by atoms with E-state index in [9.17, 15) is 14.0 Å². The van der Waals surface area contributed by atoms with Gasteiger partial charge in [-0.3, -0.25) is 9.59 Å². The number of benzene rings is 1. The third-order valence-electron chi connectivity index (χ3n) is 3.57. The Morgan fingerprint density at radius 2 is 2.05 bits per heavy atom. The largest absolute Gasteiger partial charge is 0.481 e. The van der Waals surface area contributed by atoms with Crippen LogP contribution in [-0.4, -0.2) is 35.0 Å². The summed E-state index contributed by atoms with van der Waals surface area (Å²) in [4.78, 5) is 24.3. The van der Waals surface area contributed by atoms with Gasteiger partial charge in [-0.2, -0.15) is 0 Å². The first-order valence-electron chi connectivity index (χ1n) is 6.96. The number of carbonyl (C=O) groups is 2. The van der Waals surface area contributed by atoms with E-state index >= 15 is 0 Å². The van der Waals surface area contributed by atoms with E-state index in [-0.39, 0.29) is 30.5 Å². The minimum absolute atomic E-state index is 0.00116. The molecule has 1 aliphatic rings. The number of carboxylic acids is 1. The third-order valence-corrected chi connectivity index (χ3v) is 3.57. The zero-order valence-corrected chi connectivity index (χ0v) is 11.7. The molecule has 1 atom stereocenters. The number of amides is 1. The molecule has 1 amide bonds. The zero-order valence-electron chi connectivity index (χ0n) is 11.7. The van der Waals surface area contributed by atoms with E-state index in [2.05, 4.69) is 0 Å². The van der Waals surface area contributed by atoms with Gasteiger partial charge in [-0.05, 0) is 30.0 Å². The fourth-order valence-corrected chi connectivity index (χ4v) is 2.47. The summed E-state index contributed by atoms with van der Waals surface area (Å²) in [5.74, 6) is -1.04. The molecule has 0 spiro atoms. The van der Waals surface area contributed by atoms with Crippen LogP contribution in [0.2, 0.25) is 0 Å². The molecule has 0 aliphatic carbocycles. The summed E-state index contributed by atoms with van der Waals surface area (Å²) in [6.07, 6.45) is 4.67. The van der Waals surface area contributed by atoms with Crippen molar-refractivity contribution in [3.8, 4) is 0 Å². The highest BCUT2D eigenvalue weighted by Crippen LogP contribution is 2.20. The van der Waals surface area contributed by atoms with Crippen molar-refractivity contribution in [2.45, 2.75) is 19.3 Å². The molecular weight excluding hydrogens is 273 g/mol. The number of likely N-dealkylation sites (tertiary alicyclic amines) is 1. The topological polar surface area (TPSA) is 57.6 Å². The van der Waals surface area contributed by atoms with Crippen molar-refractivity contribution in [1.29, 1.82) is 0 Å². The minimum atomic E-state index is -0.814. The molecular formula is C16H18FNO3. The van der Waals surface area contributed by atoms with Crippen LogP contribution in [0.3, 0.4) is 0 Å². The molecule has 1 aliphatic heterocycles. The molecule has 0 radical (unpaired) electrons. The summed E-state index contributed by atoms with van der Waals surface area (Å²) >= 11 is 0. The van der Waals surface area contributed by atoms with Crippen molar-refractivity contribution in [2.24, 2.45) is 5.92 Å². The average molecular weight is 291 g/mol. The highest BCUT2D eigenvalue weighted by molar-refractivity contribution is 5.79. The Kier molecular flexibility index (Phi) is 5.09. The molecule has 1 heterocycles. The third kappa shape index (κ3) is 4.70. The summed E-state index contributed by atoms with van der Waals surface area (Å²) in [5.41, 5.74) is 0.842. The molecule has 112 valence electrons. The average Bonchev–Trinajstić information content (AvgIpc) is 2.88. The first-order valence-corrected chi connectivity index (χ1v) is 6.96. The minimum Gasteiger partial charge on any atom is -0.481 e. The molecule has 1 fully saturated rings. The molecule has 1 aromatic rings. The number of rotatable bonds is 5. The van der Waals surface area contributed by atoms with E-state index in [4.69, 9.17) is 5.11 Å². The molecule has 1 N–H and O–H groups in total. The Labute approximate surface area is 122 Å². The molecule has 1 saturated heterocycles. The highest BCUT2D eigenvalue weighted by Gasteiger charge is 2.26. The van der Waals surface area contributed by atoms with E-state index in [0.29, 0.717) is 13.1 Å². The first kappa shape index (κ1) is 15.2. The zero-order chi connectivity index (χ0) is 15.2. The summed E-state index contributed by atoms with van der Waals surface area (Å²) in [5, 5.41) is 8.74. The lowest BCUT2D eigenvalue weighted by Gasteiger charge is -2.14. The number of carbonyl (C=O) groups excluding carboxylic acids is 1. The standard InChI is InChI=1S/C16H18FNO3/c17-14-6-4-12(5-7-14)2-1-3-15(19)18-9-8-13(11-18)10-16(20)21/h1-2,4-7,13H,3,8-11H2,(H,20,21)/b2-1+. The van der Waals surface area contributed by atoms with Gasteiger partial charge in [0.15, 0.2) is 0 Å². The Morgan fingerprint density at radius 1 is 1.33 bits per heavy atom. The number of carboxylic acid groups (broad SMARTS) is 1. The van der Waals surface area contributed by atoms with Crippen molar-refractivity contribution in [3.63, 3.8) is 0 Å². The second kappa shape index (κ2) is 7.02. The van der Waals surface area contributed by atoms with Crippen molar-refractivity contribution >= 4 is 18.0 Å². The highest BCUT2D eigenvalue weighted by atomic mass is 19.1. The van der Waals surface area contributed by atoms with Gasteiger partial charge in [-0.1, -0.05) is 24.3 Å². The Hall–Kier alpha value is -2.17. The van der Waals surface area contributed by atoms with E-state index in [1.807, 2.05) is 0 Å². The maximum absolute atomic E-state index is 12.7. The Bertz CT molecular complexity index is 539. The normalized spacial score (nSPS) is 18.3. The quantitative estimate of drug-likeness (QED) is 0.907. The van der Waals surface area contributed by atoms with Crippen molar-refractivity contribution in [1.82, 2.24) is 4.90 Å².